The molecule has 3 aromatic rings. The predicted molar refractivity (Wildman–Crippen MR) is 114 cm³/mol. The van der Waals surface area contributed by atoms with E-state index in [0.717, 1.165) is 35.6 Å². The van der Waals surface area contributed by atoms with Gasteiger partial charge in [0.15, 0.2) is 5.76 Å². The molecule has 29 heavy (non-hydrogen) atoms. The van der Waals surface area contributed by atoms with Crippen molar-refractivity contribution < 1.29 is 14.0 Å². The average Bonchev–Trinajstić information content (AvgIpc) is 3.47. The van der Waals surface area contributed by atoms with Gasteiger partial charge in [-0.15, -0.1) is 0 Å². The topological polar surface area (TPSA) is 44.5 Å². The first-order chi connectivity index (χ1) is 14.1. The number of benzene rings is 2. The number of hydrogen-bond donors (Lipinski definition) is 0. The Morgan fingerprint density at radius 2 is 1.90 bits per heavy atom. The molecule has 0 amide bonds. The molecule has 0 radical (unpaired) electrons. The molecule has 1 aromatic heterocycles. The molecule has 1 heterocycles. The summed E-state index contributed by atoms with van der Waals surface area (Å²) in [4.78, 5) is 0. The molecular weight excluding hydrogens is 386 g/mol. The zero-order valence-electron chi connectivity index (χ0n) is 16.9. The third kappa shape index (κ3) is 5.01. The van der Waals surface area contributed by atoms with Crippen LogP contribution in [0.5, 0.6) is 5.75 Å². The summed E-state index contributed by atoms with van der Waals surface area (Å²) in [5.74, 6) is 2.11. The van der Waals surface area contributed by atoms with Crippen LogP contribution >= 0.6 is 11.6 Å². The highest BCUT2D eigenvalue weighted by atomic mass is 35.5. The first-order valence-electron chi connectivity index (χ1n) is 10.2. The smallest absolute Gasteiger partial charge is 0.172 e. The lowest BCUT2D eigenvalue weighted by atomic mass is 10.1. The van der Waals surface area contributed by atoms with Gasteiger partial charge in [-0.25, -0.2) is 0 Å². The highest BCUT2D eigenvalue weighted by Crippen LogP contribution is 2.32. The van der Waals surface area contributed by atoms with Gasteiger partial charge in [0.25, 0.3) is 0 Å². The number of nitrogens with zero attached hydrogens (tertiary/aromatic N) is 1. The molecule has 0 N–H and O–H groups in total. The van der Waals surface area contributed by atoms with E-state index in [1.54, 1.807) is 0 Å². The van der Waals surface area contributed by atoms with Gasteiger partial charge in [0.2, 0.25) is 0 Å². The number of aryl methyl sites for hydroxylation is 2. The molecular formula is C24H26ClNO3. The molecule has 4 nitrogen and oxygen atoms in total. The van der Waals surface area contributed by atoms with Crippen molar-refractivity contribution >= 4 is 11.6 Å². The fourth-order valence-electron chi connectivity index (χ4n) is 3.17. The van der Waals surface area contributed by atoms with Gasteiger partial charge < -0.3 is 14.0 Å². The third-order valence-electron chi connectivity index (χ3n) is 5.25. The SMILES string of the molecule is CCc1ccc(Cl)c(OCc2noc(-c3ccc(C)cc3)c2COCC2CC2)c1. The Kier molecular flexibility index (Phi) is 6.22. The second kappa shape index (κ2) is 9.02. The van der Waals surface area contributed by atoms with Crippen LogP contribution in [-0.4, -0.2) is 11.8 Å². The van der Waals surface area contributed by atoms with Crippen molar-refractivity contribution in [3.63, 3.8) is 0 Å². The van der Waals surface area contributed by atoms with Gasteiger partial charge in [0.05, 0.1) is 17.2 Å². The van der Waals surface area contributed by atoms with Gasteiger partial charge in [-0.1, -0.05) is 59.6 Å². The third-order valence-corrected chi connectivity index (χ3v) is 5.56. The summed E-state index contributed by atoms with van der Waals surface area (Å²) in [6, 6.07) is 14.1. The van der Waals surface area contributed by atoms with Gasteiger partial charge in [0.1, 0.15) is 18.1 Å². The molecule has 1 aliphatic carbocycles. The van der Waals surface area contributed by atoms with Gasteiger partial charge in [-0.05, 0) is 49.8 Å². The summed E-state index contributed by atoms with van der Waals surface area (Å²) >= 11 is 6.31. The molecule has 0 spiro atoms. The first kappa shape index (κ1) is 20.0. The molecule has 1 aliphatic rings. The van der Waals surface area contributed by atoms with Crippen molar-refractivity contribution in [3.05, 3.63) is 69.9 Å². The first-order valence-corrected chi connectivity index (χ1v) is 10.5. The summed E-state index contributed by atoms with van der Waals surface area (Å²) in [6.45, 7) is 5.70. The van der Waals surface area contributed by atoms with E-state index in [4.69, 9.17) is 25.6 Å². The van der Waals surface area contributed by atoms with Crippen molar-refractivity contribution in [1.82, 2.24) is 5.16 Å². The largest absolute Gasteiger partial charge is 0.486 e. The van der Waals surface area contributed by atoms with Crippen LogP contribution in [0.4, 0.5) is 0 Å². The minimum Gasteiger partial charge on any atom is -0.486 e. The number of rotatable bonds is 9. The fraction of sp³-hybridized carbons (Fsp3) is 0.375. The number of aromatic nitrogens is 1. The Bertz CT molecular complexity index is 961. The summed E-state index contributed by atoms with van der Waals surface area (Å²) in [6.07, 6.45) is 3.45. The molecule has 0 saturated heterocycles. The zero-order chi connectivity index (χ0) is 20.2. The molecule has 5 heteroatoms. The second-order valence-corrected chi connectivity index (χ2v) is 8.08. The predicted octanol–water partition coefficient (Wildman–Crippen LogP) is 6.37. The second-order valence-electron chi connectivity index (χ2n) is 7.67. The Labute approximate surface area is 176 Å². The molecule has 152 valence electrons. The van der Waals surface area contributed by atoms with E-state index in [1.807, 2.05) is 30.3 Å². The van der Waals surface area contributed by atoms with E-state index in [0.29, 0.717) is 23.3 Å². The van der Waals surface area contributed by atoms with Crippen LogP contribution in [0.2, 0.25) is 5.02 Å². The summed E-state index contributed by atoms with van der Waals surface area (Å²) in [5, 5.41) is 4.89. The van der Waals surface area contributed by atoms with Crippen LogP contribution in [0.3, 0.4) is 0 Å². The Morgan fingerprint density at radius 1 is 1.10 bits per heavy atom. The van der Waals surface area contributed by atoms with E-state index in [-0.39, 0.29) is 6.61 Å². The van der Waals surface area contributed by atoms with Crippen molar-refractivity contribution in [2.75, 3.05) is 6.61 Å². The standard InChI is InChI=1S/C24H26ClNO3/c1-3-17-8-11-21(25)23(12-17)28-15-22-20(14-27-13-18-6-7-18)24(29-26-22)19-9-4-16(2)5-10-19/h4-5,8-12,18H,3,6-7,13-15H2,1-2H3. The van der Waals surface area contributed by atoms with Gasteiger partial charge in [0, 0.05) is 12.2 Å². The van der Waals surface area contributed by atoms with Crippen molar-refractivity contribution in [2.45, 2.75) is 46.3 Å². The van der Waals surface area contributed by atoms with Crippen LogP contribution in [0.1, 0.15) is 42.1 Å². The molecule has 1 saturated carbocycles. The Morgan fingerprint density at radius 3 is 2.62 bits per heavy atom. The van der Waals surface area contributed by atoms with Crippen molar-refractivity contribution in [2.24, 2.45) is 5.92 Å². The lowest BCUT2D eigenvalue weighted by molar-refractivity contribution is 0.110. The average molecular weight is 412 g/mol. The maximum absolute atomic E-state index is 6.31. The monoisotopic (exact) mass is 411 g/mol. The molecule has 0 atom stereocenters. The highest BCUT2D eigenvalue weighted by Gasteiger charge is 2.23. The van der Waals surface area contributed by atoms with Crippen LogP contribution in [0, 0.1) is 12.8 Å². The van der Waals surface area contributed by atoms with E-state index < -0.39 is 0 Å². The van der Waals surface area contributed by atoms with Gasteiger partial charge in [-0.3, -0.25) is 0 Å². The summed E-state index contributed by atoms with van der Waals surface area (Å²) < 4.78 is 17.7. The molecule has 4 rings (SSSR count). The number of ether oxygens (including phenoxy) is 2. The lowest BCUT2D eigenvalue weighted by Crippen LogP contribution is -2.04. The molecule has 0 bridgehead atoms. The van der Waals surface area contributed by atoms with Crippen LogP contribution in [-0.2, 0) is 24.4 Å². The number of halogens is 1. The van der Waals surface area contributed by atoms with E-state index in [2.05, 4.69) is 31.1 Å². The maximum atomic E-state index is 6.31. The zero-order valence-corrected chi connectivity index (χ0v) is 17.7. The van der Waals surface area contributed by atoms with Gasteiger partial charge >= 0.3 is 0 Å². The minimum absolute atomic E-state index is 0.282. The summed E-state index contributed by atoms with van der Waals surface area (Å²) in [5.41, 5.74) is 5.06. The Hall–Kier alpha value is -2.30. The molecule has 2 aromatic carbocycles. The lowest BCUT2D eigenvalue weighted by Gasteiger charge is -2.10. The van der Waals surface area contributed by atoms with E-state index >= 15 is 0 Å². The highest BCUT2D eigenvalue weighted by molar-refractivity contribution is 6.32. The van der Waals surface area contributed by atoms with Gasteiger partial charge in [-0.2, -0.15) is 0 Å². The number of hydrogen-bond acceptors (Lipinski definition) is 4. The maximum Gasteiger partial charge on any atom is 0.172 e. The van der Waals surface area contributed by atoms with Crippen LogP contribution in [0.15, 0.2) is 47.0 Å². The Balaban J connectivity index is 1.55. The van der Waals surface area contributed by atoms with Crippen molar-refractivity contribution in [1.29, 1.82) is 0 Å². The van der Waals surface area contributed by atoms with E-state index in [9.17, 15) is 0 Å². The quantitative estimate of drug-likeness (QED) is 0.410. The molecule has 0 unspecified atom stereocenters. The fourth-order valence-corrected chi connectivity index (χ4v) is 3.34. The van der Waals surface area contributed by atoms with E-state index in [1.165, 1.54) is 24.0 Å². The molecule has 1 fully saturated rings. The van der Waals surface area contributed by atoms with Crippen LogP contribution in [0.25, 0.3) is 11.3 Å². The van der Waals surface area contributed by atoms with Crippen LogP contribution < -0.4 is 4.74 Å². The minimum atomic E-state index is 0.282. The summed E-state index contributed by atoms with van der Waals surface area (Å²) in [7, 11) is 0. The van der Waals surface area contributed by atoms with Crippen molar-refractivity contribution in [3.8, 4) is 17.1 Å². The normalized spacial score (nSPS) is 13.6. The molecule has 0 aliphatic heterocycles.